The first kappa shape index (κ1) is 14.8. The van der Waals surface area contributed by atoms with E-state index in [9.17, 15) is 12.8 Å². The summed E-state index contributed by atoms with van der Waals surface area (Å²) in [6.45, 7) is 1.72. The molecule has 3 N–H and O–H groups in total. The standard InChI is InChI=1S/C14H12FN3O2S/c1-9-4-11(17)7-13(5-9)21(19,20)18-12-2-3-14(15)10(6-12)8-16/h2-7,18H,17H2,1H3. The van der Waals surface area contributed by atoms with Gasteiger partial charge in [0.25, 0.3) is 10.0 Å². The smallest absolute Gasteiger partial charge is 0.261 e. The minimum absolute atomic E-state index is 0.00262. The lowest BCUT2D eigenvalue weighted by molar-refractivity contribution is 0.601. The monoisotopic (exact) mass is 305 g/mol. The maximum atomic E-state index is 13.2. The molecule has 0 spiro atoms. The Morgan fingerprint density at radius 3 is 2.57 bits per heavy atom. The zero-order valence-corrected chi connectivity index (χ0v) is 11.9. The van der Waals surface area contributed by atoms with Crippen molar-refractivity contribution in [3.8, 4) is 6.07 Å². The second kappa shape index (κ2) is 5.42. The minimum Gasteiger partial charge on any atom is -0.399 e. The number of nitrogens with one attached hydrogen (secondary N) is 1. The highest BCUT2D eigenvalue weighted by atomic mass is 32.2. The van der Waals surface area contributed by atoms with Crippen molar-refractivity contribution in [1.82, 2.24) is 0 Å². The highest BCUT2D eigenvalue weighted by molar-refractivity contribution is 7.92. The summed E-state index contributed by atoms with van der Waals surface area (Å²) in [5.74, 6) is -0.708. The van der Waals surface area contributed by atoms with Gasteiger partial charge in [0, 0.05) is 5.69 Å². The fourth-order valence-electron chi connectivity index (χ4n) is 1.82. The SMILES string of the molecule is Cc1cc(N)cc(S(=O)(=O)Nc2ccc(F)c(C#N)c2)c1. The van der Waals surface area contributed by atoms with Crippen molar-refractivity contribution in [1.29, 1.82) is 5.26 Å². The van der Waals surface area contributed by atoms with Gasteiger partial charge in [-0.2, -0.15) is 5.26 Å². The van der Waals surface area contributed by atoms with Crippen LogP contribution in [0.1, 0.15) is 11.1 Å². The van der Waals surface area contributed by atoms with E-state index >= 15 is 0 Å². The molecule has 21 heavy (non-hydrogen) atoms. The second-order valence-corrected chi connectivity index (χ2v) is 6.17. The predicted molar refractivity (Wildman–Crippen MR) is 77.5 cm³/mol. The third-order valence-corrected chi connectivity index (χ3v) is 4.08. The van der Waals surface area contributed by atoms with Gasteiger partial charge < -0.3 is 5.73 Å². The first-order valence-corrected chi connectivity index (χ1v) is 7.40. The zero-order valence-electron chi connectivity index (χ0n) is 11.1. The topological polar surface area (TPSA) is 96.0 Å². The maximum Gasteiger partial charge on any atom is 0.261 e. The summed E-state index contributed by atoms with van der Waals surface area (Å²) >= 11 is 0. The minimum atomic E-state index is -3.86. The number of nitrogens with two attached hydrogens (primary N) is 1. The molecule has 0 fully saturated rings. The Kier molecular flexibility index (Phi) is 3.82. The van der Waals surface area contributed by atoms with Gasteiger partial charge in [-0.05, 0) is 48.9 Å². The van der Waals surface area contributed by atoms with Gasteiger partial charge in [-0.15, -0.1) is 0 Å². The summed E-state index contributed by atoms with van der Waals surface area (Å²) in [5, 5.41) is 8.75. The summed E-state index contributed by atoms with van der Waals surface area (Å²) in [7, 11) is -3.86. The molecule has 0 radical (unpaired) electrons. The summed E-state index contributed by atoms with van der Waals surface area (Å²) in [6.07, 6.45) is 0. The van der Waals surface area contributed by atoms with Gasteiger partial charge in [0.1, 0.15) is 11.9 Å². The van der Waals surface area contributed by atoms with Gasteiger partial charge in [-0.25, -0.2) is 12.8 Å². The molecule has 0 unspecified atom stereocenters. The Morgan fingerprint density at radius 2 is 1.95 bits per heavy atom. The molecule has 0 saturated carbocycles. The molecule has 0 atom stereocenters. The van der Waals surface area contributed by atoms with Gasteiger partial charge >= 0.3 is 0 Å². The maximum absolute atomic E-state index is 13.2. The van der Waals surface area contributed by atoms with Crippen molar-refractivity contribution in [2.75, 3.05) is 10.5 Å². The number of nitrogens with zero attached hydrogens (tertiary/aromatic N) is 1. The highest BCUT2D eigenvalue weighted by Gasteiger charge is 2.16. The number of nitriles is 1. The first-order chi connectivity index (χ1) is 9.81. The molecule has 7 heteroatoms. The highest BCUT2D eigenvalue weighted by Crippen LogP contribution is 2.21. The third-order valence-electron chi connectivity index (χ3n) is 2.72. The average molecular weight is 305 g/mol. The Hall–Kier alpha value is -2.59. The zero-order chi connectivity index (χ0) is 15.6. The molecular formula is C14H12FN3O2S. The van der Waals surface area contributed by atoms with Crippen LogP contribution in [0.2, 0.25) is 0 Å². The van der Waals surface area contributed by atoms with Crippen molar-refractivity contribution in [2.45, 2.75) is 11.8 Å². The molecule has 0 saturated heterocycles. The van der Waals surface area contributed by atoms with Crippen LogP contribution in [-0.4, -0.2) is 8.42 Å². The molecule has 5 nitrogen and oxygen atoms in total. The molecule has 2 aromatic carbocycles. The fourth-order valence-corrected chi connectivity index (χ4v) is 3.01. The van der Waals surface area contributed by atoms with Crippen molar-refractivity contribution >= 4 is 21.4 Å². The largest absolute Gasteiger partial charge is 0.399 e. The van der Waals surface area contributed by atoms with Crippen LogP contribution >= 0.6 is 0 Å². The fraction of sp³-hybridized carbons (Fsp3) is 0.0714. The van der Waals surface area contributed by atoms with Crippen LogP contribution in [0, 0.1) is 24.1 Å². The van der Waals surface area contributed by atoms with Crippen molar-refractivity contribution in [2.24, 2.45) is 0 Å². The van der Waals surface area contributed by atoms with E-state index in [0.29, 0.717) is 11.3 Å². The number of benzene rings is 2. The lowest BCUT2D eigenvalue weighted by Crippen LogP contribution is -2.13. The Morgan fingerprint density at radius 1 is 1.24 bits per heavy atom. The van der Waals surface area contributed by atoms with Crippen LogP contribution in [-0.2, 0) is 10.0 Å². The molecule has 2 aromatic rings. The molecule has 0 aromatic heterocycles. The van der Waals surface area contributed by atoms with Crippen molar-refractivity contribution in [3.05, 3.63) is 53.3 Å². The van der Waals surface area contributed by atoms with Gasteiger partial charge in [-0.3, -0.25) is 4.72 Å². The quantitative estimate of drug-likeness (QED) is 0.851. The summed E-state index contributed by atoms with van der Waals surface area (Å²) < 4.78 is 40.0. The molecule has 2 rings (SSSR count). The van der Waals surface area contributed by atoms with Crippen LogP contribution in [0.4, 0.5) is 15.8 Å². The van der Waals surface area contributed by atoms with Crippen LogP contribution in [0.25, 0.3) is 0 Å². The average Bonchev–Trinajstić information content (AvgIpc) is 2.39. The van der Waals surface area contributed by atoms with E-state index in [1.54, 1.807) is 19.1 Å². The number of aryl methyl sites for hydroxylation is 1. The lowest BCUT2D eigenvalue weighted by atomic mass is 10.2. The second-order valence-electron chi connectivity index (χ2n) is 4.49. The van der Waals surface area contributed by atoms with Gasteiger partial charge in [0.2, 0.25) is 0 Å². The Labute approximate surface area is 121 Å². The number of anilines is 2. The molecule has 0 bridgehead atoms. The number of hydrogen-bond acceptors (Lipinski definition) is 4. The molecular weight excluding hydrogens is 293 g/mol. The molecule has 0 aliphatic rings. The van der Waals surface area contributed by atoms with Crippen LogP contribution in [0.15, 0.2) is 41.3 Å². The van der Waals surface area contributed by atoms with E-state index in [0.717, 1.165) is 12.1 Å². The van der Waals surface area contributed by atoms with E-state index in [1.165, 1.54) is 18.2 Å². The van der Waals surface area contributed by atoms with E-state index in [-0.39, 0.29) is 16.1 Å². The Balaban J connectivity index is 2.40. The predicted octanol–water partition coefficient (Wildman–Crippen LogP) is 2.39. The third kappa shape index (κ3) is 3.30. The number of nitrogen functional groups attached to an aromatic ring is 1. The number of halogens is 1. The summed E-state index contributed by atoms with van der Waals surface area (Å²) in [4.78, 5) is 0.00262. The van der Waals surface area contributed by atoms with Crippen molar-refractivity contribution in [3.63, 3.8) is 0 Å². The van der Waals surface area contributed by atoms with Gasteiger partial charge in [0.05, 0.1) is 16.1 Å². The van der Waals surface area contributed by atoms with E-state index < -0.39 is 15.8 Å². The van der Waals surface area contributed by atoms with E-state index in [1.807, 2.05) is 0 Å². The number of rotatable bonds is 3. The number of hydrogen-bond donors (Lipinski definition) is 2. The summed E-state index contributed by atoms with van der Waals surface area (Å²) in [6, 6.07) is 9.49. The number of sulfonamides is 1. The first-order valence-electron chi connectivity index (χ1n) is 5.91. The Bertz CT molecular complexity index is 822. The van der Waals surface area contributed by atoms with Gasteiger partial charge in [0.15, 0.2) is 0 Å². The lowest BCUT2D eigenvalue weighted by Gasteiger charge is -2.10. The van der Waals surface area contributed by atoms with Crippen LogP contribution in [0.3, 0.4) is 0 Å². The van der Waals surface area contributed by atoms with E-state index in [4.69, 9.17) is 11.0 Å². The molecule has 0 amide bonds. The van der Waals surface area contributed by atoms with Crippen molar-refractivity contribution < 1.29 is 12.8 Å². The van der Waals surface area contributed by atoms with Gasteiger partial charge in [-0.1, -0.05) is 0 Å². The molecule has 108 valence electrons. The summed E-state index contributed by atoms with van der Waals surface area (Å²) in [5.41, 5.74) is 6.52. The van der Waals surface area contributed by atoms with Crippen LogP contribution < -0.4 is 10.5 Å². The molecule has 0 aliphatic carbocycles. The molecule has 0 heterocycles. The molecule has 0 aliphatic heterocycles. The normalized spacial score (nSPS) is 10.9. The van der Waals surface area contributed by atoms with Crippen LogP contribution in [0.5, 0.6) is 0 Å². The van der Waals surface area contributed by atoms with E-state index in [2.05, 4.69) is 4.72 Å².